The van der Waals surface area contributed by atoms with Gasteiger partial charge in [-0.2, -0.15) is 0 Å². The summed E-state index contributed by atoms with van der Waals surface area (Å²) in [5.41, 5.74) is 1.32. The molecular formula is C15H12O4. The van der Waals surface area contributed by atoms with Crippen LogP contribution in [0.3, 0.4) is 0 Å². The molecule has 0 unspecified atom stereocenters. The summed E-state index contributed by atoms with van der Waals surface area (Å²) in [7, 11) is 0. The van der Waals surface area contributed by atoms with E-state index in [1.54, 1.807) is 42.7 Å². The van der Waals surface area contributed by atoms with Crippen molar-refractivity contribution in [3.8, 4) is 17.2 Å². The van der Waals surface area contributed by atoms with E-state index in [9.17, 15) is 10.2 Å². The van der Waals surface area contributed by atoms with Gasteiger partial charge in [-0.05, 0) is 30.3 Å². The summed E-state index contributed by atoms with van der Waals surface area (Å²) in [5, 5.41) is 19.7. The highest BCUT2D eigenvalue weighted by molar-refractivity contribution is 5.85. The minimum absolute atomic E-state index is 0.119. The lowest BCUT2D eigenvalue weighted by Gasteiger charge is -2.04. The number of para-hydroxylation sites is 1. The summed E-state index contributed by atoms with van der Waals surface area (Å²) in [6.45, 7) is 0.335. The number of benzene rings is 2. The average Bonchev–Trinajstić information content (AvgIpc) is 2.83. The Hall–Kier alpha value is -2.62. The lowest BCUT2D eigenvalue weighted by atomic mass is 10.2. The summed E-state index contributed by atoms with van der Waals surface area (Å²) in [4.78, 5) is 0. The van der Waals surface area contributed by atoms with Crippen LogP contribution in [0.5, 0.6) is 17.2 Å². The first-order chi connectivity index (χ1) is 9.24. The maximum atomic E-state index is 9.64. The Labute approximate surface area is 109 Å². The maximum Gasteiger partial charge on any atom is 0.175 e. The minimum atomic E-state index is 0.119. The molecule has 0 radical (unpaired) electrons. The summed E-state index contributed by atoms with van der Waals surface area (Å²) < 4.78 is 10.9. The molecule has 0 aliphatic heterocycles. The van der Waals surface area contributed by atoms with E-state index in [4.69, 9.17) is 9.15 Å². The van der Waals surface area contributed by atoms with E-state index in [-0.39, 0.29) is 11.5 Å². The third-order valence-corrected chi connectivity index (χ3v) is 2.89. The van der Waals surface area contributed by atoms with Crippen molar-refractivity contribution in [1.29, 1.82) is 0 Å². The molecule has 1 heterocycles. The number of phenols is 2. The number of hydrogen-bond acceptors (Lipinski definition) is 4. The van der Waals surface area contributed by atoms with Crippen LogP contribution in [-0.2, 0) is 6.61 Å². The quantitative estimate of drug-likeness (QED) is 0.753. The number of fused-ring (bicyclic) bond motifs is 1. The van der Waals surface area contributed by atoms with Crippen molar-refractivity contribution in [3.05, 3.63) is 54.3 Å². The van der Waals surface area contributed by atoms with Crippen molar-refractivity contribution in [2.45, 2.75) is 6.61 Å². The zero-order valence-electron chi connectivity index (χ0n) is 10.0. The van der Waals surface area contributed by atoms with Crippen LogP contribution in [0, 0.1) is 0 Å². The third kappa shape index (κ3) is 2.20. The number of ether oxygens (including phenoxy) is 1. The SMILES string of the molecule is Oc1ccc(OCc2coc3c(O)cccc23)cc1. The van der Waals surface area contributed by atoms with E-state index in [2.05, 4.69) is 0 Å². The van der Waals surface area contributed by atoms with Crippen molar-refractivity contribution < 1.29 is 19.4 Å². The number of hydrogen-bond donors (Lipinski definition) is 2. The number of phenolic OH excluding ortho intramolecular Hbond substituents is 2. The highest BCUT2D eigenvalue weighted by Crippen LogP contribution is 2.29. The van der Waals surface area contributed by atoms with E-state index in [1.807, 2.05) is 6.07 Å². The predicted octanol–water partition coefficient (Wildman–Crippen LogP) is 3.42. The Morgan fingerprint density at radius 3 is 2.58 bits per heavy atom. The fraction of sp³-hybridized carbons (Fsp3) is 0.0667. The molecule has 2 N–H and O–H groups in total. The van der Waals surface area contributed by atoms with Crippen LogP contribution in [0.4, 0.5) is 0 Å². The summed E-state index contributed by atoms with van der Waals surface area (Å²) >= 11 is 0. The van der Waals surface area contributed by atoms with Gasteiger partial charge in [-0.1, -0.05) is 12.1 Å². The molecule has 4 heteroatoms. The molecule has 0 amide bonds. The van der Waals surface area contributed by atoms with Gasteiger partial charge in [0, 0.05) is 10.9 Å². The van der Waals surface area contributed by atoms with Crippen molar-refractivity contribution in [2.75, 3.05) is 0 Å². The summed E-state index contributed by atoms with van der Waals surface area (Å²) in [6, 6.07) is 11.7. The van der Waals surface area contributed by atoms with Gasteiger partial charge in [0.15, 0.2) is 11.3 Å². The van der Waals surface area contributed by atoms with Crippen LogP contribution in [0.2, 0.25) is 0 Å². The van der Waals surface area contributed by atoms with E-state index in [0.29, 0.717) is 17.9 Å². The van der Waals surface area contributed by atoms with Crippen molar-refractivity contribution in [3.63, 3.8) is 0 Å². The standard InChI is InChI=1S/C15H12O4/c16-11-4-6-12(7-5-11)18-8-10-9-19-15-13(10)2-1-3-14(15)17/h1-7,9,16-17H,8H2. The fourth-order valence-electron chi connectivity index (χ4n) is 1.91. The zero-order chi connectivity index (χ0) is 13.2. The van der Waals surface area contributed by atoms with Gasteiger partial charge in [-0.15, -0.1) is 0 Å². The molecule has 3 rings (SSSR count). The molecular weight excluding hydrogens is 244 g/mol. The van der Waals surface area contributed by atoms with Gasteiger partial charge in [0.1, 0.15) is 18.1 Å². The van der Waals surface area contributed by atoms with Crippen molar-refractivity contribution in [1.82, 2.24) is 0 Å². The van der Waals surface area contributed by atoms with Gasteiger partial charge in [0.2, 0.25) is 0 Å². The molecule has 0 atom stereocenters. The predicted molar refractivity (Wildman–Crippen MR) is 70.3 cm³/mol. The first-order valence-corrected chi connectivity index (χ1v) is 5.84. The van der Waals surface area contributed by atoms with Crippen LogP contribution >= 0.6 is 0 Å². The minimum Gasteiger partial charge on any atom is -0.508 e. The Bertz CT molecular complexity index is 698. The van der Waals surface area contributed by atoms with Crippen molar-refractivity contribution >= 4 is 11.0 Å². The topological polar surface area (TPSA) is 62.8 Å². The van der Waals surface area contributed by atoms with Crippen molar-refractivity contribution in [2.24, 2.45) is 0 Å². The number of rotatable bonds is 3. The second-order valence-corrected chi connectivity index (χ2v) is 4.20. The van der Waals surface area contributed by atoms with E-state index >= 15 is 0 Å². The van der Waals surface area contributed by atoms with Gasteiger partial charge < -0.3 is 19.4 Å². The molecule has 19 heavy (non-hydrogen) atoms. The molecule has 0 saturated carbocycles. The van der Waals surface area contributed by atoms with Gasteiger partial charge in [0.25, 0.3) is 0 Å². The van der Waals surface area contributed by atoms with Crippen LogP contribution in [0.25, 0.3) is 11.0 Å². The lowest BCUT2D eigenvalue weighted by molar-refractivity contribution is 0.305. The Morgan fingerprint density at radius 1 is 1.00 bits per heavy atom. The van der Waals surface area contributed by atoms with E-state index < -0.39 is 0 Å². The molecule has 0 saturated heterocycles. The first-order valence-electron chi connectivity index (χ1n) is 5.84. The lowest BCUT2D eigenvalue weighted by Crippen LogP contribution is -1.93. The van der Waals surface area contributed by atoms with Crippen LogP contribution in [0.15, 0.2) is 53.1 Å². The van der Waals surface area contributed by atoms with E-state index in [0.717, 1.165) is 10.9 Å². The summed E-state index contributed by atoms with van der Waals surface area (Å²) in [6.07, 6.45) is 1.57. The second-order valence-electron chi connectivity index (χ2n) is 4.20. The molecule has 3 aromatic rings. The molecule has 4 nitrogen and oxygen atoms in total. The van der Waals surface area contributed by atoms with Crippen LogP contribution < -0.4 is 4.74 Å². The Morgan fingerprint density at radius 2 is 1.79 bits per heavy atom. The van der Waals surface area contributed by atoms with Crippen LogP contribution in [0.1, 0.15) is 5.56 Å². The third-order valence-electron chi connectivity index (χ3n) is 2.89. The smallest absolute Gasteiger partial charge is 0.175 e. The van der Waals surface area contributed by atoms with Crippen LogP contribution in [-0.4, -0.2) is 10.2 Å². The fourth-order valence-corrected chi connectivity index (χ4v) is 1.91. The van der Waals surface area contributed by atoms with Gasteiger partial charge in [-0.3, -0.25) is 0 Å². The summed E-state index contributed by atoms with van der Waals surface area (Å²) in [5.74, 6) is 0.978. The molecule has 96 valence electrons. The van der Waals surface area contributed by atoms with E-state index in [1.165, 1.54) is 0 Å². The molecule has 0 aliphatic carbocycles. The molecule has 0 aliphatic rings. The van der Waals surface area contributed by atoms with Gasteiger partial charge in [-0.25, -0.2) is 0 Å². The average molecular weight is 256 g/mol. The molecule has 0 fully saturated rings. The monoisotopic (exact) mass is 256 g/mol. The Kier molecular flexibility index (Phi) is 2.76. The number of aromatic hydroxyl groups is 2. The maximum absolute atomic E-state index is 9.64. The Balaban J connectivity index is 1.82. The molecule has 2 aromatic carbocycles. The largest absolute Gasteiger partial charge is 0.508 e. The second kappa shape index (κ2) is 4.57. The molecule has 0 bridgehead atoms. The molecule has 0 spiro atoms. The van der Waals surface area contributed by atoms with Gasteiger partial charge >= 0.3 is 0 Å². The first kappa shape index (κ1) is 11.5. The number of furan rings is 1. The highest BCUT2D eigenvalue weighted by atomic mass is 16.5. The highest BCUT2D eigenvalue weighted by Gasteiger charge is 2.09. The van der Waals surface area contributed by atoms with Gasteiger partial charge in [0.05, 0.1) is 6.26 Å². The normalized spacial score (nSPS) is 10.7. The molecule has 1 aromatic heterocycles. The zero-order valence-corrected chi connectivity index (χ0v) is 10.0.